The van der Waals surface area contributed by atoms with Crippen LogP contribution in [0.3, 0.4) is 0 Å². The zero-order chi connectivity index (χ0) is 8.97. The fourth-order valence-electron chi connectivity index (χ4n) is 0.561. The number of esters is 1. The summed E-state index contributed by atoms with van der Waals surface area (Å²) in [6.07, 6.45) is -0.723. The second kappa shape index (κ2) is 3.83. The van der Waals surface area contributed by atoms with E-state index in [-0.39, 0.29) is 5.69 Å². The van der Waals surface area contributed by atoms with E-state index in [1.165, 1.54) is 23.8 Å². The van der Waals surface area contributed by atoms with Crippen LogP contribution in [-0.2, 0) is 4.74 Å². The van der Waals surface area contributed by atoms with E-state index < -0.39 is 12.1 Å². The Labute approximate surface area is 73.4 Å². The first kappa shape index (κ1) is 8.68. The number of nitrogens with zero attached hydrogens (tertiary/aromatic N) is 2. The van der Waals surface area contributed by atoms with Crippen LogP contribution in [-0.4, -0.2) is 17.1 Å². The molecule has 0 radical (unpaired) electrons. The Kier molecular flexibility index (Phi) is 2.77. The van der Waals surface area contributed by atoms with Gasteiger partial charge in [0.05, 0.1) is 5.51 Å². The zero-order valence-corrected chi connectivity index (χ0v) is 7.17. The predicted octanol–water partition coefficient (Wildman–Crippen LogP) is 1.21. The lowest BCUT2D eigenvalue weighted by molar-refractivity contribution is 0.0429. The number of hydrogen-bond donors (Lipinski definition) is 0. The largest absolute Gasteiger partial charge is 0.443 e. The average molecular weight is 182 g/mol. The fourth-order valence-corrected chi connectivity index (χ4v) is 1.08. The Balaban J connectivity index is 2.57. The fraction of sp³-hybridized carbons (Fsp3) is 0.286. The van der Waals surface area contributed by atoms with E-state index in [1.54, 1.807) is 11.4 Å². The highest BCUT2D eigenvalue weighted by Gasteiger charge is 2.12. The third-order valence-electron chi connectivity index (χ3n) is 1.11. The summed E-state index contributed by atoms with van der Waals surface area (Å²) in [7, 11) is 0. The molecule has 62 valence electrons. The quantitative estimate of drug-likeness (QED) is 0.645. The minimum absolute atomic E-state index is 0.252. The monoisotopic (exact) mass is 182 g/mol. The van der Waals surface area contributed by atoms with Gasteiger partial charge in [0.1, 0.15) is 6.07 Å². The Bertz CT molecular complexity index is 302. The van der Waals surface area contributed by atoms with Crippen molar-refractivity contribution in [2.45, 2.75) is 13.0 Å². The average Bonchev–Trinajstić information content (AvgIpc) is 2.56. The summed E-state index contributed by atoms with van der Waals surface area (Å²) < 4.78 is 4.69. The van der Waals surface area contributed by atoms with Crippen LogP contribution >= 0.6 is 11.3 Å². The number of carbonyl (C=O) groups is 1. The third kappa shape index (κ3) is 2.04. The highest BCUT2D eigenvalue weighted by atomic mass is 32.1. The van der Waals surface area contributed by atoms with Crippen molar-refractivity contribution >= 4 is 17.3 Å². The van der Waals surface area contributed by atoms with Gasteiger partial charge in [0.15, 0.2) is 11.8 Å². The molecule has 0 N–H and O–H groups in total. The molecule has 0 aromatic carbocycles. The molecule has 0 spiro atoms. The van der Waals surface area contributed by atoms with Crippen LogP contribution in [0, 0.1) is 11.3 Å². The standard InChI is InChI=1S/C7H6N2O2S/c1-5(2-8)11-7(10)6-3-12-4-9-6/h3-5H,1H3. The highest BCUT2D eigenvalue weighted by molar-refractivity contribution is 7.07. The molecule has 0 aliphatic carbocycles. The second-order valence-corrected chi connectivity index (χ2v) is 2.77. The Hall–Kier alpha value is -1.41. The first-order valence-corrected chi connectivity index (χ1v) is 4.17. The minimum atomic E-state index is -0.723. The van der Waals surface area contributed by atoms with Gasteiger partial charge in [0, 0.05) is 5.38 Å². The van der Waals surface area contributed by atoms with Crippen LogP contribution in [0.5, 0.6) is 0 Å². The van der Waals surface area contributed by atoms with Crippen LogP contribution < -0.4 is 0 Å². The summed E-state index contributed by atoms with van der Waals surface area (Å²) in [5.74, 6) is -0.551. The predicted molar refractivity (Wildman–Crippen MR) is 42.6 cm³/mol. The summed E-state index contributed by atoms with van der Waals surface area (Å²) in [5, 5.41) is 9.91. The summed E-state index contributed by atoms with van der Waals surface area (Å²) in [4.78, 5) is 14.8. The van der Waals surface area contributed by atoms with Crippen molar-refractivity contribution in [3.05, 3.63) is 16.6 Å². The Morgan fingerprint density at radius 2 is 2.67 bits per heavy atom. The molecule has 1 rings (SSSR count). The lowest BCUT2D eigenvalue weighted by Gasteiger charge is -2.02. The number of thiazole rings is 1. The lowest BCUT2D eigenvalue weighted by Crippen LogP contribution is -2.13. The smallest absolute Gasteiger partial charge is 0.359 e. The van der Waals surface area contributed by atoms with Gasteiger partial charge >= 0.3 is 5.97 Å². The normalized spacial score (nSPS) is 11.7. The van der Waals surface area contributed by atoms with Crippen molar-refractivity contribution < 1.29 is 9.53 Å². The molecule has 0 aliphatic heterocycles. The van der Waals surface area contributed by atoms with E-state index in [0.717, 1.165) is 0 Å². The minimum Gasteiger partial charge on any atom is -0.443 e. The van der Waals surface area contributed by atoms with E-state index in [2.05, 4.69) is 9.72 Å². The lowest BCUT2D eigenvalue weighted by atomic mass is 10.4. The first-order valence-electron chi connectivity index (χ1n) is 3.23. The molecule has 1 heterocycles. The van der Waals surface area contributed by atoms with E-state index in [9.17, 15) is 4.79 Å². The number of nitriles is 1. The van der Waals surface area contributed by atoms with Gasteiger partial charge in [0.2, 0.25) is 0 Å². The number of aromatic nitrogens is 1. The van der Waals surface area contributed by atoms with Gasteiger partial charge in [-0.05, 0) is 6.92 Å². The van der Waals surface area contributed by atoms with Crippen molar-refractivity contribution in [2.24, 2.45) is 0 Å². The van der Waals surface area contributed by atoms with E-state index in [0.29, 0.717) is 0 Å². The number of hydrogen-bond acceptors (Lipinski definition) is 5. The van der Waals surface area contributed by atoms with Gasteiger partial charge in [-0.3, -0.25) is 0 Å². The molecule has 0 saturated carbocycles. The van der Waals surface area contributed by atoms with Crippen molar-refractivity contribution in [3.8, 4) is 6.07 Å². The molecule has 0 fully saturated rings. The van der Waals surface area contributed by atoms with Gasteiger partial charge < -0.3 is 4.74 Å². The number of carbonyl (C=O) groups excluding carboxylic acids is 1. The summed E-state index contributed by atoms with van der Waals surface area (Å²) in [5.41, 5.74) is 1.79. The zero-order valence-electron chi connectivity index (χ0n) is 6.35. The molecule has 1 atom stereocenters. The SMILES string of the molecule is CC(C#N)OC(=O)c1cscn1. The highest BCUT2D eigenvalue weighted by Crippen LogP contribution is 2.04. The van der Waals surface area contributed by atoms with Crippen molar-refractivity contribution in [3.63, 3.8) is 0 Å². The molecule has 0 amide bonds. The van der Waals surface area contributed by atoms with Gasteiger partial charge in [-0.2, -0.15) is 5.26 Å². The second-order valence-electron chi connectivity index (χ2n) is 2.05. The van der Waals surface area contributed by atoms with Crippen LogP contribution in [0.2, 0.25) is 0 Å². The van der Waals surface area contributed by atoms with Crippen molar-refractivity contribution in [1.29, 1.82) is 5.26 Å². The topological polar surface area (TPSA) is 63.0 Å². The Morgan fingerprint density at radius 1 is 1.92 bits per heavy atom. The van der Waals surface area contributed by atoms with Crippen LogP contribution in [0.15, 0.2) is 10.9 Å². The van der Waals surface area contributed by atoms with Crippen LogP contribution in [0.25, 0.3) is 0 Å². The third-order valence-corrected chi connectivity index (χ3v) is 1.69. The van der Waals surface area contributed by atoms with Crippen molar-refractivity contribution in [1.82, 2.24) is 4.98 Å². The molecule has 4 nitrogen and oxygen atoms in total. The van der Waals surface area contributed by atoms with Gasteiger partial charge in [-0.15, -0.1) is 11.3 Å². The maximum absolute atomic E-state index is 11.0. The van der Waals surface area contributed by atoms with Gasteiger partial charge in [0.25, 0.3) is 0 Å². The van der Waals surface area contributed by atoms with Crippen molar-refractivity contribution in [2.75, 3.05) is 0 Å². The molecule has 1 unspecified atom stereocenters. The molecular formula is C7H6N2O2S. The molecule has 1 aromatic rings. The maximum Gasteiger partial charge on any atom is 0.359 e. The molecule has 0 aliphatic rings. The molecular weight excluding hydrogens is 176 g/mol. The molecule has 0 bridgehead atoms. The molecule has 5 heteroatoms. The van der Waals surface area contributed by atoms with Gasteiger partial charge in [-0.25, -0.2) is 9.78 Å². The molecule has 1 aromatic heterocycles. The summed E-state index contributed by atoms with van der Waals surface area (Å²) in [6.45, 7) is 1.50. The summed E-state index contributed by atoms with van der Waals surface area (Å²) >= 11 is 1.31. The number of rotatable bonds is 2. The first-order chi connectivity index (χ1) is 5.74. The van der Waals surface area contributed by atoms with E-state index in [1.807, 2.05) is 0 Å². The van der Waals surface area contributed by atoms with Crippen LogP contribution in [0.1, 0.15) is 17.4 Å². The molecule has 12 heavy (non-hydrogen) atoms. The van der Waals surface area contributed by atoms with Crippen LogP contribution in [0.4, 0.5) is 0 Å². The number of ether oxygens (including phenoxy) is 1. The maximum atomic E-state index is 11.0. The Morgan fingerprint density at radius 3 is 3.17 bits per heavy atom. The van der Waals surface area contributed by atoms with E-state index >= 15 is 0 Å². The molecule has 0 saturated heterocycles. The summed E-state index contributed by atoms with van der Waals surface area (Å²) in [6, 6.07) is 1.79. The van der Waals surface area contributed by atoms with Gasteiger partial charge in [-0.1, -0.05) is 0 Å². The van der Waals surface area contributed by atoms with E-state index in [4.69, 9.17) is 5.26 Å².